The van der Waals surface area contributed by atoms with Gasteiger partial charge in [-0.05, 0) is 13.8 Å². The third-order valence-electron chi connectivity index (χ3n) is 1.25. The molecule has 10 heavy (non-hydrogen) atoms. The summed E-state index contributed by atoms with van der Waals surface area (Å²) in [7, 11) is 0. The van der Waals surface area contributed by atoms with Gasteiger partial charge >= 0.3 is 0 Å². The van der Waals surface area contributed by atoms with Gasteiger partial charge in [-0.1, -0.05) is 5.18 Å². The molecule has 1 atom stereocenters. The Labute approximate surface area is 60.5 Å². The van der Waals surface area contributed by atoms with Crippen LogP contribution in [0.25, 0.3) is 0 Å². The molecule has 0 aromatic rings. The molecule has 4 nitrogen and oxygen atoms in total. The van der Waals surface area contributed by atoms with Crippen LogP contribution in [-0.4, -0.2) is 24.8 Å². The third kappa shape index (κ3) is 3.29. The largest absolute Gasteiger partial charge is 0.329 e. The van der Waals surface area contributed by atoms with Gasteiger partial charge in [0.1, 0.15) is 6.04 Å². The van der Waals surface area contributed by atoms with E-state index in [1.54, 1.807) is 13.8 Å². The highest BCUT2D eigenvalue weighted by Crippen LogP contribution is 1.91. The Balaban J connectivity index is 3.78. The van der Waals surface area contributed by atoms with Gasteiger partial charge in [-0.25, -0.2) is 0 Å². The fourth-order valence-corrected chi connectivity index (χ4v) is 0.449. The van der Waals surface area contributed by atoms with Crippen molar-refractivity contribution < 1.29 is 0 Å². The number of hydrogen-bond donors (Lipinski definition) is 1. The molecule has 0 saturated heterocycles. The lowest BCUT2D eigenvalue weighted by Gasteiger charge is -1.99. The van der Waals surface area contributed by atoms with Gasteiger partial charge in [0, 0.05) is 12.3 Å². The maximum Gasteiger partial charge on any atom is 0.126 e. The van der Waals surface area contributed by atoms with Crippen LogP contribution in [0.4, 0.5) is 0 Å². The van der Waals surface area contributed by atoms with Gasteiger partial charge < -0.3 is 5.73 Å². The first-order valence-electron chi connectivity index (χ1n) is 3.25. The Hall–Kier alpha value is -0.770. The van der Waals surface area contributed by atoms with E-state index in [1.807, 2.05) is 0 Å². The summed E-state index contributed by atoms with van der Waals surface area (Å²) >= 11 is 0. The molecule has 0 aliphatic heterocycles. The Morgan fingerprint density at radius 3 is 2.70 bits per heavy atom. The predicted octanol–water partition coefficient (Wildman–Crippen LogP) is 0.561. The lowest BCUT2D eigenvalue weighted by atomic mass is 10.2. The molecular weight excluding hydrogens is 130 g/mol. The van der Waals surface area contributed by atoms with Crippen LogP contribution < -0.4 is 5.73 Å². The molecule has 4 heteroatoms. The van der Waals surface area contributed by atoms with Crippen LogP contribution in [0.15, 0.2) is 10.2 Å². The normalized spacial score (nSPS) is 14.9. The quantitative estimate of drug-likeness (QED) is 0.461. The summed E-state index contributed by atoms with van der Waals surface area (Å²) < 4.78 is 0. The fourth-order valence-electron chi connectivity index (χ4n) is 0.449. The summed E-state index contributed by atoms with van der Waals surface area (Å²) in [4.78, 5) is 14.0. The molecule has 0 bridgehead atoms. The van der Waals surface area contributed by atoms with Crippen molar-refractivity contribution in [3.8, 4) is 0 Å². The van der Waals surface area contributed by atoms with Crippen molar-refractivity contribution in [3.05, 3.63) is 4.91 Å². The van der Waals surface area contributed by atoms with E-state index in [-0.39, 0.29) is 6.04 Å². The highest BCUT2D eigenvalue weighted by Gasteiger charge is 2.02. The number of rotatable bonds is 4. The summed E-state index contributed by atoms with van der Waals surface area (Å²) in [6.45, 7) is 4.58. The summed E-state index contributed by atoms with van der Waals surface area (Å²) in [5.74, 6) is 0. The topological polar surface area (TPSA) is 67.8 Å². The molecule has 58 valence electrons. The maximum absolute atomic E-state index is 9.95. The lowest BCUT2D eigenvalue weighted by molar-refractivity contribution is 0.913. The van der Waals surface area contributed by atoms with E-state index in [0.29, 0.717) is 13.1 Å². The van der Waals surface area contributed by atoms with Gasteiger partial charge in [-0.15, -0.1) is 0 Å². The number of aliphatic imine (C=N–C) groups is 1. The van der Waals surface area contributed by atoms with Crippen LogP contribution in [0.1, 0.15) is 13.8 Å². The van der Waals surface area contributed by atoms with Gasteiger partial charge in [0.25, 0.3) is 0 Å². The molecule has 0 rings (SSSR count). The molecule has 0 aromatic carbocycles. The Morgan fingerprint density at radius 2 is 2.30 bits per heavy atom. The zero-order valence-corrected chi connectivity index (χ0v) is 6.37. The smallest absolute Gasteiger partial charge is 0.126 e. The average Bonchev–Trinajstić information content (AvgIpc) is 1.98. The van der Waals surface area contributed by atoms with Crippen LogP contribution >= 0.6 is 0 Å². The predicted molar refractivity (Wildman–Crippen MR) is 42.3 cm³/mol. The number of nitroso groups, excluding NO2 is 1. The molecule has 0 heterocycles. The summed E-state index contributed by atoms with van der Waals surface area (Å²) in [5, 5.41) is 2.82. The van der Waals surface area contributed by atoms with Crippen molar-refractivity contribution in [2.24, 2.45) is 15.9 Å². The van der Waals surface area contributed by atoms with E-state index in [2.05, 4.69) is 10.2 Å². The SMILES string of the molecule is CC(=NCCN)C(C)N=O. The molecule has 0 fully saturated rings. The Kier molecular flexibility index (Phi) is 4.66. The highest BCUT2D eigenvalue weighted by atomic mass is 16.3. The van der Waals surface area contributed by atoms with Crippen LogP contribution in [0.5, 0.6) is 0 Å². The molecule has 0 spiro atoms. The molecule has 2 N–H and O–H groups in total. The minimum Gasteiger partial charge on any atom is -0.329 e. The van der Waals surface area contributed by atoms with Gasteiger partial charge in [-0.2, -0.15) is 4.91 Å². The third-order valence-corrected chi connectivity index (χ3v) is 1.25. The lowest BCUT2D eigenvalue weighted by Crippen LogP contribution is -2.12. The van der Waals surface area contributed by atoms with Crippen molar-refractivity contribution in [1.82, 2.24) is 0 Å². The van der Waals surface area contributed by atoms with Gasteiger partial charge in [0.05, 0.1) is 6.54 Å². The summed E-state index contributed by atoms with van der Waals surface area (Å²) in [6.07, 6.45) is 0. The molecule has 1 unspecified atom stereocenters. The molecule has 0 saturated carbocycles. The van der Waals surface area contributed by atoms with Gasteiger partial charge in [0.15, 0.2) is 0 Å². The molecular formula is C6H13N3O. The van der Waals surface area contributed by atoms with Crippen molar-refractivity contribution in [2.75, 3.05) is 13.1 Å². The van der Waals surface area contributed by atoms with E-state index in [0.717, 1.165) is 5.71 Å². The summed E-state index contributed by atoms with van der Waals surface area (Å²) in [5.41, 5.74) is 5.95. The molecule has 0 aliphatic carbocycles. The van der Waals surface area contributed by atoms with Crippen LogP contribution in [0, 0.1) is 4.91 Å². The van der Waals surface area contributed by atoms with Gasteiger partial charge in [0.2, 0.25) is 0 Å². The van der Waals surface area contributed by atoms with E-state index in [1.165, 1.54) is 0 Å². The minimum absolute atomic E-state index is 0.313. The average molecular weight is 143 g/mol. The van der Waals surface area contributed by atoms with Crippen molar-refractivity contribution in [3.63, 3.8) is 0 Å². The molecule has 0 radical (unpaired) electrons. The van der Waals surface area contributed by atoms with Crippen molar-refractivity contribution >= 4 is 5.71 Å². The molecule has 0 aromatic heterocycles. The van der Waals surface area contributed by atoms with Crippen LogP contribution in [0.2, 0.25) is 0 Å². The first-order valence-corrected chi connectivity index (χ1v) is 3.25. The maximum atomic E-state index is 9.95. The number of nitrogens with two attached hydrogens (primary N) is 1. The van der Waals surface area contributed by atoms with E-state index in [4.69, 9.17) is 5.73 Å². The highest BCUT2D eigenvalue weighted by molar-refractivity contribution is 5.86. The Bertz CT molecular complexity index is 133. The monoisotopic (exact) mass is 143 g/mol. The summed E-state index contributed by atoms with van der Waals surface area (Å²) in [6, 6.07) is -0.313. The zero-order valence-electron chi connectivity index (χ0n) is 6.37. The van der Waals surface area contributed by atoms with Crippen LogP contribution in [0.3, 0.4) is 0 Å². The van der Waals surface area contributed by atoms with Crippen molar-refractivity contribution in [2.45, 2.75) is 19.9 Å². The second-order valence-corrected chi connectivity index (χ2v) is 2.09. The van der Waals surface area contributed by atoms with E-state index >= 15 is 0 Å². The zero-order chi connectivity index (χ0) is 7.98. The van der Waals surface area contributed by atoms with E-state index < -0.39 is 0 Å². The van der Waals surface area contributed by atoms with Gasteiger partial charge in [-0.3, -0.25) is 4.99 Å². The van der Waals surface area contributed by atoms with Crippen LogP contribution in [-0.2, 0) is 0 Å². The van der Waals surface area contributed by atoms with Crippen molar-refractivity contribution in [1.29, 1.82) is 0 Å². The molecule has 0 amide bonds. The first-order chi connectivity index (χ1) is 4.72. The van der Waals surface area contributed by atoms with E-state index in [9.17, 15) is 4.91 Å². The number of hydrogen-bond acceptors (Lipinski definition) is 4. The second-order valence-electron chi connectivity index (χ2n) is 2.09. The Morgan fingerprint density at radius 1 is 1.70 bits per heavy atom. The first kappa shape index (κ1) is 9.23. The minimum atomic E-state index is -0.313. The second kappa shape index (κ2) is 5.05. The fraction of sp³-hybridized carbons (Fsp3) is 0.833. The molecule has 0 aliphatic rings. The number of nitrogens with zero attached hydrogens (tertiary/aromatic N) is 2. The standard InChI is InChI=1S/C6H13N3O/c1-5(6(2)9-10)8-4-3-7/h6H,3-4,7H2,1-2H3.